The van der Waals surface area contributed by atoms with Gasteiger partial charge in [0.05, 0.1) is 29.1 Å². The molecule has 4 rings (SSSR count). The predicted octanol–water partition coefficient (Wildman–Crippen LogP) is 5.20. The van der Waals surface area contributed by atoms with Crippen LogP contribution in [0.4, 0.5) is 4.39 Å². The van der Waals surface area contributed by atoms with Crippen LogP contribution in [-0.4, -0.2) is 27.7 Å². The topological polar surface area (TPSA) is 72.3 Å². The quantitative estimate of drug-likeness (QED) is 0.509. The van der Waals surface area contributed by atoms with Gasteiger partial charge in [0.1, 0.15) is 11.6 Å². The number of hydrogen-bond acceptors (Lipinski definition) is 4. The van der Waals surface area contributed by atoms with Gasteiger partial charge >= 0.3 is 5.97 Å². The Labute approximate surface area is 166 Å². The standard InChI is InChI=1S/C23H17FN2O3/c1-2-29-22-6-4-3-5-16(22)14-7-9-20(25-13-14)21-12-18(23(27)28)17-11-15(24)8-10-19(17)26-21/h3-13H,2H2,1H3,(H,27,28). The van der Waals surface area contributed by atoms with Crippen molar-refractivity contribution >= 4 is 16.9 Å². The van der Waals surface area contributed by atoms with E-state index in [9.17, 15) is 14.3 Å². The molecule has 0 atom stereocenters. The summed E-state index contributed by atoms with van der Waals surface area (Å²) >= 11 is 0. The van der Waals surface area contributed by atoms with Crippen molar-refractivity contribution in [3.05, 3.63) is 78.2 Å². The summed E-state index contributed by atoms with van der Waals surface area (Å²) in [4.78, 5) is 20.6. The molecule has 2 aromatic carbocycles. The number of para-hydroxylation sites is 1. The van der Waals surface area contributed by atoms with Gasteiger partial charge in [-0.2, -0.15) is 0 Å². The summed E-state index contributed by atoms with van der Waals surface area (Å²) in [7, 11) is 0. The predicted molar refractivity (Wildman–Crippen MR) is 108 cm³/mol. The van der Waals surface area contributed by atoms with E-state index >= 15 is 0 Å². The summed E-state index contributed by atoms with van der Waals surface area (Å²) in [5.41, 5.74) is 3.11. The van der Waals surface area contributed by atoms with Gasteiger partial charge in [0.25, 0.3) is 0 Å². The fourth-order valence-corrected chi connectivity index (χ4v) is 3.20. The number of pyridine rings is 2. The molecule has 0 saturated carbocycles. The zero-order valence-corrected chi connectivity index (χ0v) is 15.6. The van der Waals surface area contributed by atoms with Crippen LogP contribution in [-0.2, 0) is 0 Å². The number of aromatic carboxylic acids is 1. The van der Waals surface area contributed by atoms with Crippen molar-refractivity contribution < 1.29 is 19.0 Å². The van der Waals surface area contributed by atoms with E-state index in [0.717, 1.165) is 16.9 Å². The average molecular weight is 388 g/mol. The lowest BCUT2D eigenvalue weighted by Crippen LogP contribution is -2.01. The second-order valence-electron chi connectivity index (χ2n) is 6.38. The first-order valence-corrected chi connectivity index (χ1v) is 9.09. The summed E-state index contributed by atoms with van der Waals surface area (Å²) in [5.74, 6) is -0.889. The molecule has 5 nitrogen and oxygen atoms in total. The van der Waals surface area contributed by atoms with E-state index in [1.165, 1.54) is 24.3 Å². The van der Waals surface area contributed by atoms with Gasteiger partial charge in [0.15, 0.2) is 0 Å². The van der Waals surface area contributed by atoms with Gasteiger partial charge in [-0.1, -0.05) is 24.3 Å². The largest absolute Gasteiger partial charge is 0.493 e. The maximum absolute atomic E-state index is 13.6. The Kier molecular flexibility index (Phi) is 4.91. The van der Waals surface area contributed by atoms with Crippen LogP contribution in [0.2, 0.25) is 0 Å². The fraction of sp³-hybridized carbons (Fsp3) is 0.0870. The van der Waals surface area contributed by atoms with Crippen molar-refractivity contribution in [1.82, 2.24) is 9.97 Å². The van der Waals surface area contributed by atoms with E-state index in [2.05, 4.69) is 9.97 Å². The lowest BCUT2D eigenvalue weighted by molar-refractivity contribution is 0.0699. The first-order valence-electron chi connectivity index (χ1n) is 9.09. The number of carboxylic acids is 1. The van der Waals surface area contributed by atoms with Gasteiger partial charge in [-0.25, -0.2) is 14.2 Å². The highest BCUT2D eigenvalue weighted by Gasteiger charge is 2.15. The van der Waals surface area contributed by atoms with Crippen LogP contribution in [0.25, 0.3) is 33.4 Å². The lowest BCUT2D eigenvalue weighted by Gasteiger charge is -2.11. The van der Waals surface area contributed by atoms with E-state index in [1.54, 1.807) is 12.3 Å². The van der Waals surface area contributed by atoms with Crippen molar-refractivity contribution in [2.24, 2.45) is 0 Å². The summed E-state index contributed by atoms with van der Waals surface area (Å²) in [5, 5.41) is 9.79. The molecule has 0 aliphatic heterocycles. The Bertz CT molecular complexity index is 1210. The SMILES string of the molecule is CCOc1ccccc1-c1ccc(-c2cc(C(=O)O)c3cc(F)ccc3n2)nc1. The second kappa shape index (κ2) is 7.67. The van der Waals surface area contributed by atoms with Crippen LogP contribution in [0.5, 0.6) is 5.75 Å². The highest BCUT2D eigenvalue weighted by molar-refractivity contribution is 6.03. The summed E-state index contributed by atoms with van der Waals surface area (Å²) in [6, 6.07) is 16.7. The second-order valence-corrected chi connectivity index (χ2v) is 6.38. The zero-order valence-electron chi connectivity index (χ0n) is 15.6. The van der Waals surface area contributed by atoms with Crippen LogP contribution < -0.4 is 4.74 Å². The van der Waals surface area contributed by atoms with Crippen LogP contribution >= 0.6 is 0 Å². The Morgan fingerprint density at radius 1 is 1.07 bits per heavy atom. The normalized spacial score (nSPS) is 10.8. The molecule has 2 aromatic heterocycles. The van der Waals surface area contributed by atoms with Gasteiger partial charge in [0, 0.05) is 22.7 Å². The van der Waals surface area contributed by atoms with Gasteiger partial charge in [-0.15, -0.1) is 0 Å². The van der Waals surface area contributed by atoms with Crippen LogP contribution in [0.3, 0.4) is 0 Å². The molecule has 0 amide bonds. The van der Waals surface area contributed by atoms with Gasteiger partial charge < -0.3 is 9.84 Å². The molecule has 0 radical (unpaired) electrons. The molecule has 29 heavy (non-hydrogen) atoms. The maximum atomic E-state index is 13.6. The number of hydrogen-bond donors (Lipinski definition) is 1. The number of carboxylic acid groups (broad SMARTS) is 1. The Hall–Kier alpha value is -3.80. The van der Waals surface area contributed by atoms with Crippen molar-refractivity contribution in [3.8, 4) is 28.3 Å². The van der Waals surface area contributed by atoms with E-state index < -0.39 is 11.8 Å². The molecule has 0 unspecified atom stereocenters. The highest BCUT2D eigenvalue weighted by Crippen LogP contribution is 2.31. The smallest absolute Gasteiger partial charge is 0.336 e. The fourth-order valence-electron chi connectivity index (χ4n) is 3.20. The van der Waals surface area contributed by atoms with Crippen LogP contribution in [0.1, 0.15) is 17.3 Å². The lowest BCUT2D eigenvalue weighted by atomic mass is 10.0. The number of aromatic nitrogens is 2. The maximum Gasteiger partial charge on any atom is 0.336 e. The first kappa shape index (κ1) is 18.6. The van der Waals surface area contributed by atoms with Crippen molar-refractivity contribution in [2.75, 3.05) is 6.61 Å². The molecule has 6 heteroatoms. The minimum Gasteiger partial charge on any atom is -0.493 e. The minimum atomic E-state index is -1.15. The summed E-state index contributed by atoms with van der Waals surface area (Å²) < 4.78 is 19.2. The number of halogens is 1. The van der Waals surface area contributed by atoms with Crippen molar-refractivity contribution in [3.63, 3.8) is 0 Å². The Balaban J connectivity index is 1.78. The zero-order chi connectivity index (χ0) is 20.4. The third-order valence-corrected chi connectivity index (χ3v) is 4.52. The minimum absolute atomic E-state index is 0.0166. The number of carbonyl (C=O) groups is 1. The Morgan fingerprint density at radius 2 is 1.90 bits per heavy atom. The molecule has 144 valence electrons. The molecule has 0 aliphatic rings. The van der Waals surface area contributed by atoms with Gasteiger partial charge in [-0.05, 0) is 43.3 Å². The molecular formula is C23H17FN2O3. The van der Waals surface area contributed by atoms with E-state index in [1.807, 2.05) is 37.3 Å². The third-order valence-electron chi connectivity index (χ3n) is 4.52. The number of benzene rings is 2. The van der Waals surface area contributed by atoms with E-state index in [0.29, 0.717) is 23.5 Å². The molecule has 0 bridgehead atoms. The number of ether oxygens (including phenoxy) is 1. The number of nitrogens with zero attached hydrogens (tertiary/aromatic N) is 2. The number of fused-ring (bicyclic) bond motifs is 1. The molecule has 4 aromatic rings. The molecule has 0 aliphatic carbocycles. The average Bonchev–Trinajstić information content (AvgIpc) is 2.74. The van der Waals surface area contributed by atoms with Crippen LogP contribution in [0, 0.1) is 5.82 Å². The molecule has 2 heterocycles. The number of rotatable bonds is 5. The molecule has 0 fully saturated rings. The molecule has 1 N–H and O–H groups in total. The van der Waals surface area contributed by atoms with Crippen molar-refractivity contribution in [1.29, 1.82) is 0 Å². The van der Waals surface area contributed by atoms with E-state index in [4.69, 9.17) is 4.74 Å². The summed E-state index contributed by atoms with van der Waals surface area (Å²) in [6.45, 7) is 2.48. The van der Waals surface area contributed by atoms with Gasteiger partial charge in [-0.3, -0.25) is 4.98 Å². The van der Waals surface area contributed by atoms with Crippen LogP contribution in [0.15, 0.2) is 66.9 Å². The van der Waals surface area contributed by atoms with Crippen molar-refractivity contribution in [2.45, 2.75) is 6.92 Å². The summed E-state index contributed by atoms with van der Waals surface area (Å²) in [6.07, 6.45) is 1.70. The first-order chi connectivity index (χ1) is 14.1. The molecular weight excluding hydrogens is 371 g/mol. The monoisotopic (exact) mass is 388 g/mol. The van der Waals surface area contributed by atoms with E-state index in [-0.39, 0.29) is 10.9 Å². The highest BCUT2D eigenvalue weighted by atomic mass is 19.1. The Morgan fingerprint density at radius 3 is 2.62 bits per heavy atom. The molecule has 0 spiro atoms. The van der Waals surface area contributed by atoms with Gasteiger partial charge in [0.2, 0.25) is 0 Å². The molecule has 0 saturated heterocycles. The third kappa shape index (κ3) is 3.65.